The summed E-state index contributed by atoms with van der Waals surface area (Å²) in [6.45, 7) is 4.12. The lowest BCUT2D eigenvalue weighted by Gasteiger charge is -2.05. The van der Waals surface area contributed by atoms with Crippen molar-refractivity contribution in [3.8, 4) is 11.5 Å². The third-order valence-electron chi connectivity index (χ3n) is 4.93. The molecule has 0 aliphatic rings. The number of rotatable bonds is 6. The number of nitrogens with one attached hydrogen (secondary N) is 1. The highest BCUT2D eigenvalue weighted by atomic mass is 16.3. The molecular formula is C25H24N2O2. The first-order chi connectivity index (χ1) is 14.1. The molecule has 0 saturated carbocycles. The first kappa shape index (κ1) is 18.9. The van der Waals surface area contributed by atoms with Gasteiger partial charge in [-0.3, -0.25) is 4.79 Å². The molecule has 1 amide bonds. The SMILES string of the molecule is Cc1ccc(CCCC(=O)Nc2ccc3nc(-c4cccc(C)c4)oc3c2)cc1. The maximum Gasteiger partial charge on any atom is 0.227 e. The van der Waals surface area contributed by atoms with E-state index in [9.17, 15) is 4.79 Å². The second-order valence-electron chi connectivity index (χ2n) is 7.46. The number of anilines is 1. The Balaban J connectivity index is 1.38. The minimum absolute atomic E-state index is 0.00915. The molecule has 1 N–H and O–H groups in total. The molecule has 146 valence electrons. The summed E-state index contributed by atoms with van der Waals surface area (Å²) < 4.78 is 5.92. The lowest BCUT2D eigenvalue weighted by Crippen LogP contribution is -2.11. The number of oxazole rings is 1. The van der Waals surface area contributed by atoms with Gasteiger partial charge in [-0.05, 0) is 56.5 Å². The monoisotopic (exact) mass is 384 g/mol. The largest absolute Gasteiger partial charge is 0.436 e. The van der Waals surface area contributed by atoms with Crippen molar-refractivity contribution >= 4 is 22.7 Å². The first-order valence-electron chi connectivity index (χ1n) is 9.90. The van der Waals surface area contributed by atoms with Crippen LogP contribution in [0.15, 0.2) is 71.1 Å². The van der Waals surface area contributed by atoms with E-state index in [1.165, 1.54) is 11.1 Å². The van der Waals surface area contributed by atoms with Gasteiger partial charge in [-0.2, -0.15) is 0 Å². The lowest BCUT2D eigenvalue weighted by molar-refractivity contribution is -0.116. The quantitative estimate of drug-likeness (QED) is 0.439. The summed E-state index contributed by atoms with van der Waals surface area (Å²) in [5.41, 5.74) is 6.78. The van der Waals surface area contributed by atoms with Crippen LogP contribution in [-0.4, -0.2) is 10.9 Å². The Morgan fingerprint density at radius 2 is 1.79 bits per heavy atom. The molecule has 0 spiro atoms. The number of hydrogen-bond donors (Lipinski definition) is 1. The molecule has 0 bridgehead atoms. The van der Waals surface area contributed by atoms with Crippen LogP contribution in [0.5, 0.6) is 0 Å². The molecule has 3 aromatic carbocycles. The van der Waals surface area contributed by atoms with E-state index < -0.39 is 0 Å². The van der Waals surface area contributed by atoms with Gasteiger partial charge in [0.25, 0.3) is 0 Å². The molecule has 4 heteroatoms. The van der Waals surface area contributed by atoms with Crippen molar-refractivity contribution in [2.24, 2.45) is 0 Å². The zero-order valence-electron chi connectivity index (χ0n) is 16.7. The first-order valence-corrected chi connectivity index (χ1v) is 9.90. The van der Waals surface area contributed by atoms with Crippen molar-refractivity contribution in [3.05, 3.63) is 83.4 Å². The Morgan fingerprint density at radius 1 is 0.966 bits per heavy atom. The minimum Gasteiger partial charge on any atom is -0.436 e. The van der Waals surface area contributed by atoms with E-state index in [0.717, 1.165) is 35.2 Å². The number of carbonyl (C=O) groups is 1. The second-order valence-corrected chi connectivity index (χ2v) is 7.46. The molecule has 1 aromatic heterocycles. The summed E-state index contributed by atoms with van der Waals surface area (Å²) in [5.74, 6) is 0.597. The molecule has 0 saturated heterocycles. The van der Waals surface area contributed by atoms with E-state index in [4.69, 9.17) is 4.42 Å². The molecule has 1 heterocycles. The molecule has 29 heavy (non-hydrogen) atoms. The van der Waals surface area contributed by atoms with Gasteiger partial charge in [0.2, 0.25) is 11.8 Å². The van der Waals surface area contributed by atoms with E-state index in [0.29, 0.717) is 17.9 Å². The smallest absolute Gasteiger partial charge is 0.227 e. The molecule has 0 radical (unpaired) electrons. The van der Waals surface area contributed by atoms with E-state index in [1.807, 2.05) is 49.4 Å². The number of hydrogen-bond acceptors (Lipinski definition) is 3. The van der Waals surface area contributed by atoms with Crippen LogP contribution in [0, 0.1) is 13.8 Å². The van der Waals surface area contributed by atoms with Crippen LogP contribution in [-0.2, 0) is 11.2 Å². The van der Waals surface area contributed by atoms with Crippen LogP contribution in [0.2, 0.25) is 0 Å². The van der Waals surface area contributed by atoms with Crippen molar-refractivity contribution in [2.45, 2.75) is 33.1 Å². The number of fused-ring (bicyclic) bond motifs is 1. The molecule has 4 nitrogen and oxygen atoms in total. The van der Waals surface area contributed by atoms with Gasteiger partial charge in [0.05, 0.1) is 0 Å². The number of aromatic nitrogens is 1. The third kappa shape index (κ3) is 4.72. The zero-order chi connectivity index (χ0) is 20.2. The maximum atomic E-state index is 12.3. The molecular weight excluding hydrogens is 360 g/mol. The summed E-state index contributed by atoms with van der Waals surface area (Å²) in [5, 5.41) is 2.96. The van der Waals surface area contributed by atoms with Gasteiger partial charge in [0, 0.05) is 23.7 Å². The fourth-order valence-electron chi connectivity index (χ4n) is 3.34. The fourth-order valence-corrected chi connectivity index (χ4v) is 3.34. The summed E-state index contributed by atoms with van der Waals surface area (Å²) in [4.78, 5) is 16.9. The number of aryl methyl sites for hydroxylation is 3. The molecule has 0 atom stereocenters. The average Bonchev–Trinajstić information content (AvgIpc) is 3.13. The van der Waals surface area contributed by atoms with E-state index in [2.05, 4.69) is 41.5 Å². The molecule has 4 rings (SSSR count). The number of amides is 1. The van der Waals surface area contributed by atoms with Crippen molar-refractivity contribution in [2.75, 3.05) is 5.32 Å². The highest BCUT2D eigenvalue weighted by Gasteiger charge is 2.10. The lowest BCUT2D eigenvalue weighted by atomic mass is 10.1. The Morgan fingerprint density at radius 3 is 2.59 bits per heavy atom. The van der Waals surface area contributed by atoms with Gasteiger partial charge >= 0.3 is 0 Å². The normalized spacial score (nSPS) is 11.0. The van der Waals surface area contributed by atoms with Gasteiger partial charge in [-0.25, -0.2) is 4.98 Å². The maximum absolute atomic E-state index is 12.3. The Labute approximate surface area is 170 Å². The molecule has 0 aliphatic heterocycles. The summed E-state index contributed by atoms with van der Waals surface area (Å²) in [6, 6.07) is 22.1. The van der Waals surface area contributed by atoms with Crippen LogP contribution < -0.4 is 5.32 Å². The van der Waals surface area contributed by atoms with Gasteiger partial charge in [-0.1, -0.05) is 47.5 Å². The summed E-state index contributed by atoms with van der Waals surface area (Å²) in [7, 11) is 0. The van der Waals surface area contributed by atoms with Crippen LogP contribution in [0.3, 0.4) is 0 Å². The standard InChI is InChI=1S/C25H24N2O2/c1-17-9-11-19(12-10-17)6-4-8-24(28)26-21-13-14-22-23(16-21)29-25(27-22)20-7-3-5-18(2)15-20/h3,5,7,9-16H,4,6,8H2,1-2H3,(H,26,28). The number of nitrogens with zero attached hydrogens (tertiary/aromatic N) is 1. The second kappa shape index (κ2) is 8.31. The minimum atomic E-state index is 0.00915. The zero-order valence-corrected chi connectivity index (χ0v) is 16.7. The van der Waals surface area contributed by atoms with E-state index >= 15 is 0 Å². The Bertz CT molecular complexity index is 1140. The number of benzene rings is 3. The van der Waals surface area contributed by atoms with Gasteiger partial charge < -0.3 is 9.73 Å². The summed E-state index contributed by atoms with van der Waals surface area (Å²) in [6.07, 6.45) is 2.20. The molecule has 0 aliphatic carbocycles. The molecule has 4 aromatic rings. The Hall–Kier alpha value is -3.40. The van der Waals surface area contributed by atoms with Gasteiger partial charge in [0.1, 0.15) is 5.52 Å². The molecule has 0 unspecified atom stereocenters. The fraction of sp³-hybridized carbons (Fsp3) is 0.200. The van der Waals surface area contributed by atoms with Crippen LogP contribution >= 0.6 is 0 Å². The summed E-state index contributed by atoms with van der Waals surface area (Å²) >= 11 is 0. The highest BCUT2D eigenvalue weighted by Crippen LogP contribution is 2.27. The highest BCUT2D eigenvalue weighted by molar-refractivity contribution is 5.93. The number of carbonyl (C=O) groups excluding carboxylic acids is 1. The van der Waals surface area contributed by atoms with Gasteiger partial charge in [-0.15, -0.1) is 0 Å². The molecule has 0 fully saturated rings. The third-order valence-corrected chi connectivity index (χ3v) is 4.93. The predicted octanol–water partition coefficient (Wildman–Crippen LogP) is 6.07. The van der Waals surface area contributed by atoms with E-state index in [1.54, 1.807) is 0 Å². The van der Waals surface area contributed by atoms with Crippen LogP contribution in [0.1, 0.15) is 29.5 Å². The van der Waals surface area contributed by atoms with Crippen molar-refractivity contribution < 1.29 is 9.21 Å². The van der Waals surface area contributed by atoms with Crippen molar-refractivity contribution in [1.82, 2.24) is 4.98 Å². The van der Waals surface area contributed by atoms with Crippen molar-refractivity contribution in [1.29, 1.82) is 0 Å². The van der Waals surface area contributed by atoms with Crippen LogP contribution in [0.25, 0.3) is 22.6 Å². The van der Waals surface area contributed by atoms with Crippen molar-refractivity contribution in [3.63, 3.8) is 0 Å². The van der Waals surface area contributed by atoms with Gasteiger partial charge in [0.15, 0.2) is 5.58 Å². The average molecular weight is 384 g/mol. The predicted molar refractivity (Wildman–Crippen MR) is 117 cm³/mol. The van der Waals surface area contributed by atoms with E-state index in [-0.39, 0.29) is 5.91 Å². The topological polar surface area (TPSA) is 55.1 Å². The Kier molecular flexibility index (Phi) is 5.43. The van der Waals surface area contributed by atoms with Crippen LogP contribution in [0.4, 0.5) is 5.69 Å².